The van der Waals surface area contributed by atoms with E-state index in [1.54, 1.807) is 0 Å². The molecule has 1 fully saturated rings. The Labute approximate surface area is 175 Å². The molecule has 3 atom stereocenters. The lowest BCUT2D eigenvalue weighted by atomic mass is 9.96. The average Bonchev–Trinajstić information content (AvgIpc) is 3.32. The van der Waals surface area contributed by atoms with Gasteiger partial charge in [0.15, 0.2) is 5.17 Å². The van der Waals surface area contributed by atoms with Gasteiger partial charge in [0.1, 0.15) is 11.9 Å². The first-order valence-electron chi connectivity index (χ1n) is 10.1. The second-order valence-corrected chi connectivity index (χ2v) is 9.40. The molecule has 0 aromatic carbocycles. The fourth-order valence-corrected chi connectivity index (χ4v) is 5.63. The summed E-state index contributed by atoms with van der Waals surface area (Å²) in [7, 11) is 0. The van der Waals surface area contributed by atoms with Crippen molar-refractivity contribution in [2.45, 2.75) is 45.0 Å². The Kier molecular flexibility index (Phi) is 4.46. The number of aliphatic imine (C=N–C) groups is 1. The van der Waals surface area contributed by atoms with Crippen LogP contribution < -0.4 is 0 Å². The molecule has 29 heavy (non-hydrogen) atoms. The van der Waals surface area contributed by atoms with Gasteiger partial charge < -0.3 is 9.47 Å². The monoisotopic (exact) mass is 403 g/mol. The zero-order valence-corrected chi connectivity index (χ0v) is 18.0. The number of thioether (sulfide) groups is 1. The van der Waals surface area contributed by atoms with Crippen LogP contribution >= 0.6 is 11.8 Å². The van der Waals surface area contributed by atoms with E-state index < -0.39 is 0 Å². The van der Waals surface area contributed by atoms with Gasteiger partial charge in [-0.2, -0.15) is 0 Å². The van der Waals surface area contributed by atoms with Gasteiger partial charge in [0.25, 0.3) is 0 Å². The lowest BCUT2D eigenvalue weighted by Gasteiger charge is -2.27. The van der Waals surface area contributed by atoms with E-state index in [4.69, 9.17) is 4.99 Å². The van der Waals surface area contributed by atoms with Crippen molar-refractivity contribution >= 4 is 16.9 Å². The molecule has 0 saturated carbocycles. The van der Waals surface area contributed by atoms with E-state index in [9.17, 15) is 0 Å². The van der Waals surface area contributed by atoms with Crippen LogP contribution in [0, 0.1) is 20.8 Å². The van der Waals surface area contributed by atoms with E-state index in [-0.39, 0.29) is 12.1 Å². The van der Waals surface area contributed by atoms with Crippen molar-refractivity contribution in [2.75, 3.05) is 6.54 Å². The first-order valence-corrected chi connectivity index (χ1v) is 10.9. The first kappa shape index (κ1) is 18.4. The standard InChI is InChI=1S/C23H25N5S/c1-14-8-10-25-20(11-14)28-15(2)12-18(17(28)4)22-21(19-7-5-6-9-24-19)26-23-27(22)13-16(3)29-23/h5-12,16,21-22H,13H2,1-4H3/t16-,21+,22-/m0/s1. The molecule has 5 rings (SSSR count). The fraction of sp³-hybridized carbons (Fsp3) is 0.348. The van der Waals surface area contributed by atoms with Crippen LogP contribution in [0.15, 0.2) is 53.8 Å². The summed E-state index contributed by atoms with van der Waals surface area (Å²) < 4.78 is 2.27. The second kappa shape index (κ2) is 7.02. The van der Waals surface area contributed by atoms with Crippen molar-refractivity contribution in [2.24, 2.45) is 4.99 Å². The molecule has 0 bridgehead atoms. The minimum Gasteiger partial charge on any atom is -0.341 e. The van der Waals surface area contributed by atoms with Crippen LogP contribution in [-0.2, 0) is 0 Å². The molecule has 5 heterocycles. The Morgan fingerprint density at radius 3 is 2.66 bits per heavy atom. The zero-order valence-electron chi connectivity index (χ0n) is 17.2. The topological polar surface area (TPSA) is 46.3 Å². The van der Waals surface area contributed by atoms with Crippen LogP contribution in [0.2, 0.25) is 0 Å². The number of aromatic nitrogens is 3. The molecule has 3 aromatic heterocycles. The number of hydrogen-bond donors (Lipinski definition) is 0. The summed E-state index contributed by atoms with van der Waals surface area (Å²) in [6, 6.07) is 12.8. The number of fused-ring (bicyclic) bond motifs is 1. The van der Waals surface area contributed by atoms with Crippen molar-refractivity contribution in [1.29, 1.82) is 0 Å². The molecule has 0 aliphatic carbocycles. The second-order valence-electron chi connectivity index (χ2n) is 7.99. The van der Waals surface area contributed by atoms with E-state index in [1.165, 1.54) is 22.5 Å². The van der Waals surface area contributed by atoms with Gasteiger partial charge in [0.05, 0.1) is 11.7 Å². The average molecular weight is 404 g/mol. The van der Waals surface area contributed by atoms with Crippen LogP contribution in [0.1, 0.15) is 47.2 Å². The molecular weight excluding hydrogens is 378 g/mol. The molecule has 2 aliphatic rings. The van der Waals surface area contributed by atoms with E-state index in [0.29, 0.717) is 5.25 Å². The minimum absolute atomic E-state index is 0.0191. The van der Waals surface area contributed by atoms with Crippen molar-refractivity contribution in [3.05, 3.63) is 77.0 Å². The quantitative estimate of drug-likeness (QED) is 0.631. The van der Waals surface area contributed by atoms with E-state index in [1.807, 2.05) is 36.3 Å². The Morgan fingerprint density at radius 2 is 1.90 bits per heavy atom. The summed E-state index contributed by atoms with van der Waals surface area (Å²) in [5.41, 5.74) is 5.99. The normalized spacial score (nSPS) is 23.4. The Morgan fingerprint density at radius 1 is 1.03 bits per heavy atom. The van der Waals surface area contributed by atoms with Crippen LogP contribution in [0.4, 0.5) is 0 Å². The fourth-order valence-electron chi connectivity index (χ4n) is 4.54. The number of aryl methyl sites for hydroxylation is 2. The summed E-state index contributed by atoms with van der Waals surface area (Å²) in [6.45, 7) is 9.76. The highest BCUT2D eigenvalue weighted by molar-refractivity contribution is 8.14. The molecule has 5 nitrogen and oxygen atoms in total. The third kappa shape index (κ3) is 3.06. The largest absolute Gasteiger partial charge is 0.341 e. The molecule has 0 N–H and O–H groups in total. The van der Waals surface area contributed by atoms with Gasteiger partial charge in [-0.15, -0.1) is 0 Å². The van der Waals surface area contributed by atoms with Gasteiger partial charge in [-0.05, 0) is 62.2 Å². The number of amidine groups is 1. The van der Waals surface area contributed by atoms with E-state index in [2.05, 4.69) is 71.4 Å². The third-order valence-corrected chi connectivity index (χ3v) is 6.90. The first-order chi connectivity index (χ1) is 14.0. The van der Waals surface area contributed by atoms with E-state index >= 15 is 0 Å². The van der Waals surface area contributed by atoms with Gasteiger partial charge in [-0.3, -0.25) is 9.98 Å². The smallest absolute Gasteiger partial charge is 0.160 e. The van der Waals surface area contributed by atoms with Crippen LogP contribution in [0.3, 0.4) is 0 Å². The maximum Gasteiger partial charge on any atom is 0.160 e. The maximum absolute atomic E-state index is 5.11. The van der Waals surface area contributed by atoms with E-state index in [0.717, 1.165) is 23.2 Å². The molecule has 6 heteroatoms. The molecule has 1 saturated heterocycles. The summed E-state index contributed by atoms with van der Waals surface area (Å²) in [5.74, 6) is 0.976. The van der Waals surface area contributed by atoms with Crippen molar-refractivity contribution in [3.63, 3.8) is 0 Å². The Bertz CT molecular complexity index is 1090. The van der Waals surface area contributed by atoms with Gasteiger partial charge in [-0.25, -0.2) is 4.98 Å². The van der Waals surface area contributed by atoms with Crippen LogP contribution in [0.5, 0.6) is 0 Å². The van der Waals surface area contributed by atoms with Gasteiger partial charge >= 0.3 is 0 Å². The van der Waals surface area contributed by atoms with Crippen LogP contribution in [0.25, 0.3) is 5.82 Å². The van der Waals surface area contributed by atoms with Crippen molar-refractivity contribution < 1.29 is 0 Å². The highest BCUT2D eigenvalue weighted by Gasteiger charge is 2.44. The molecule has 0 spiro atoms. The molecule has 2 aliphatic heterocycles. The predicted octanol–water partition coefficient (Wildman–Crippen LogP) is 4.78. The number of nitrogens with zero attached hydrogens (tertiary/aromatic N) is 5. The lowest BCUT2D eigenvalue weighted by Crippen LogP contribution is -2.28. The molecule has 148 valence electrons. The number of hydrogen-bond acceptors (Lipinski definition) is 5. The SMILES string of the molecule is Cc1ccnc(-n2c(C)cc([C@H]3[C@@H](c4ccccn4)N=C4S[C@@H](C)CN43)c2C)c1. The minimum atomic E-state index is 0.0191. The molecule has 3 aromatic rings. The van der Waals surface area contributed by atoms with Gasteiger partial charge in [0.2, 0.25) is 0 Å². The highest BCUT2D eigenvalue weighted by Crippen LogP contribution is 2.48. The van der Waals surface area contributed by atoms with Crippen molar-refractivity contribution in [1.82, 2.24) is 19.4 Å². The lowest BCUT2D eigenvalue weighted by molar-refractivity contribution is 0.320. The number of pyridine rings is 2. The third-order valence-electron chi connectivity index (χ3n) is 5.80. The predicted molar refractivity (Wildman–Crippen MR) is 119 cm³/mol. The van der Waals surface area contributed by atoms with Gasteiger partial charge in [-0.1, -0.05) is 24.8 Å². The van der Waals surface area contributed by atoms with Crippen molar-refractivity contribution in [3.8, 4) is 5.82 Å². The Hall–Kier alpha value is -2.60. The summed E-state index contributed by atoms with van der Waals surface area (Å²) >= 11 is 1.88. The molecule has 0 unspecified atom stereocenters. The number of rotatable bonds is 3. The molecule has 0 amide bonds. The Balaban J connectivity index is 1.63. The molecule has 0 radical (unpaired) electrons. The summed E-state index contributed by atoms with van der Waals surface area (Å²) in [5, 5.41) is 1.71. The van der Waals surface area contributed by atoms with Gasteiger partial charge in [0, 0.05) is 35.6 Å². The maximum atomic E-state index is 5.11. The summed E-state index contributed by atoms with van der Waals surface area (Å²) in [6.07, 6.45) is 3.75. The zero-order chi connectivity index (χ0) is 20.1. The highest BCUT2D eigenvalue weighted by atomic mass is 32.2. The molecular formula is C23H25N5S. The van der Waals surface area contributed by atoms with Crippen LogP contribution in [-0.4, -0.2) is 36.4 Å². The summed E-state index contributed by atoms with van der Waals surface area (Å²) in [4.78, 5) is 16.9.